The maximum atomic E-state index is 12.5. The van der Waals surface area contributed by atoms with Gasteiger partial charge in [-0.05, 0) is 25.3 Å². The second kappa shape index (κ2) is 7.69. The molecule has 5 heteroatoms. The van der Waals surface area contributed by atoms with Crippen molar-refractivity contribution in [2.24, 2.45) is 5.92 Å². The quantitative estimate of drug-likeness (QED) is 0.840. The first-order valence-corrected chi connectivity index (χ1v) is 8.67. The predicted molar refractivity (Wildman–Crippen MR) is 94.0 cm³/mol. The van der Waals surface area contributed by atoms with Crippen LogP contribution in [-0.4, -0.2) is 41.6 Å². The Bertz CT molecular complexity index is 567. The summed E-state index contributed by atoms with van der Waals surface area (Å²) in [5.41, 5.74) is 1.24. The molecule has 2 N–H and O–H groups in total. The SMILES string of the molecule is CC(CN(C)C(=O)NC(C)C1(c2ccccc2)CCCC1)C(=O)O. The Labute approximate surface area is 144 Å². The Hall–Kier alpha value is -2.04. The summed E-state index contributed by atoms with van der Waals surface area (Å²) in [6.45, 7) is 3.87. The second-order valence-corrected chi connectivity index (χ2v) is 7.02. The predicted octanol–water partition coefficient (Wildman–Crippen LogP) is 3.25. The number of hydrogen-bond acceptors (Lipinski definition) is 2. The van der Waals surface area contributed by atoms with E-state index in [0.717, 1.165) is 12.8 Å². The van der Waals surface area contributed by atoms with Crippen molar-refractivity contribution in [2.75, 3.05) is 13.6 Å². The molecular weight excluding hydrogens is 304 g/mol. The van der Waals surface area contributed by atoms with Crippen LogP contribution in [-0.2, 0) is 10.2 Å². The first-order valence-electron chi connectivity index (χ1n) is 8.67. The fourth-order valence-corrected chi connectivity index (χ4v) is 3.75. The Kier molecular flexibility index (Phi) is 5.86. The largest absolute Gasteiger partial charge is 0.481 e. The molecule has 0 aliphatic heterocycles. The van der Waals surface area contributed by atoms with E-state index < -0.39 is 11.9 Å². The summed E-state index contributed by atoms with van der Waals surface area (Å²) in [5.74, 6) is -1.47. The number of carbonyl (C=O) groups is 2. The molecule has 1 aliphatic rings. The third-order valence-electron chi connectivity index (χ3n) is 5.33. The second-order valence-electron chi connectivity index (χ2n) is 7.02. The molecule has 24 heavy (non-hydrogen) atoms. The molecule has 1 fully saturated rings. The van der Waals surface area contributed by atoms with Gasteiger partial charge in [-0.25, -0.2) is 4.79 Å². The maximum absolute atomic E-state index is 12.5. The molecule has 0 heterocycles. The standard InChI is InChI=1S/C19H28N2O3/c1-14(17(22)23)13-21(3)18(24)20-15(2)19(11-7-8-12-19)16-9-5-4-6-10-16/h4-6,9-10,14-15H,7-8,11-13H2,1-3H3,(H,20,24)(H,22,23). The highest BCUT2D eigenvalue weighted by Gasteiger charge is 2.41. The summed E-state index contributed by atoms with van der Waals surface area (Å²) < 4.78 is 0. The van der Waals surface area contributed by atoms with Crippen LogP contribution in [0.1, 0.15) is 45.1 Å². The lowest BCUT2D eigenvalue weighted by atomic mass is 9.73. The number of urea groups is 1. The van der Waals surface area contributed by atoms with Gasteiger partial charge in [-0.1, -0.05) is 50.1 Å². The van der Waals surface area contributed by atoms with Crippen molar-refractivity contribution in [3.05, 3.63) is 35.9 Å². The number of nitrogens with one attached hydrogen (secondary N) is 1. The van der Waals surface area contributed by atoms with Gasteiger partial charge in [-0.3, -0.25) is 4.79 Å². The van der Waals surface area contributed by atoms with E-state index in [1.807, 2.05) is 18.2 Å². The van der Waals surface area contributed by atoms with E-state index in [1.165, 1.54) is 23.3 Å². The molecule has 0 saturated heterocycles. The minimum Gasteiger partial charge on any atom is -0.481 e. The summed E-state index contributed by atoms with van der Waals surface area (Å²) in [4.78, 5) is 24.9. The van der Waals surface area contributed by atoms with Crippen molar-refractivity contribution < 1.29 is 14.7 Å². The molecule has 132 valence electrons. The molecule has 0 bridgehead atoms. The van der Waals surface area contributed by atoms with Gasteiger partial charge in [0.1, 0.15) is 0 Å². The van der Waals surface area contributed by atoms with Gasteiger partial charge in [-0.2, -0.15) is 0 Å². The highest BCUT2D eigenvalue weighted by Crippen LogP contribution is 2.43. The Morgan fingerprint density at radius 1 is 1.21 bits per heavy atom. The number of carboxylic acid groups (broad SMARTS) is 1. The number of rotatable bonds is 6. The first-order chi connectivity index (χ1) is 11.4. The van der Waals surface area contributed by atoms with Crippen LogP contribution in [0.3, 0.4) is 0 Å². The third-order valence-corrected chi connectivity index (χ3v) is 5.33. The molecule has 1 aliphatic carbocycles. The lowest BCUT2D eigenvalue weighted by molar-refractivity contribution is -0.141. The van der Waals surface area contributed by atoms with Crippen LogP contribution < -0.4 is 5.32 Å². The normalized spacial score (nSPS) is 18.6. The van der Waals surface area contributed by atoms with Gasteiger partial charge in [0.05, 0.1) is 5.92 Å². The molecule has 0 radical (unpaired) electrons. The van der Waals surface area contributed by atoms with E-state index in [9.17, 15) is 9.59 Å². The Morgan fingerprint density at radius 3 is 2.33 bits per heavy atom. The van der Waals surface area contributed by atoms with Gasteiger partial charge in [-0.15, -0.1) is 0 Å². The van der Waals surface area contributed by atoms with E-state index in [-0.39, 0.29) is 24.0 Å². The van der Waals surface area contributed by atoms with Crippen LogP contribution >= 0.6 is 0 Å². The first kappa shape index (κ1) is 18.3. The number of carboxylic acids is 1. The molecule has 5 nitrogen and oxygen atoms in total. The summed E-state index contributed by atoms with van der Waals surface area (Å²) >= 11 is 0. The lowest BCUT2D eigenvalue weighted by Crippen LogP contribution is -2.51. The zero-order valence-electron chi connectivity index (χ0n) is 14.8. The molecule has 2 rings (SSSR count). The third kappa shape index (κ3) is 3.89. The number of hydrogen-bond donors (Lipinski definition) is 2. The molecule has 1 saturated carbocycles. The molecule has 2 amide bonds. The van der Waals surface area contributed by atoms with Crippen LogP contribution in [0.25, 0.3) is 0 Å². The Balaban J connectivity index is 2.07. The number of nitrogens with zero attached hydrogens (tertiary/aromatic N) is 1. The topological polar surface area (TPSA) is 69.6 Å². The fraction of sp³-hybridized carbons (Fsp3) is 0.579. The van der Waals surface area contributed by atoms with Crippen LogP contribution in [0.4, 0.5) is 4.79 Å². The molecule has 1 aromatic carbocycles. The highest BCUT2D eigenvalue weighted by molar-refractivity contribution is 5.76. The molecule has 1 aromatic rings. The van der Waals surface area contributed by atoms with E-state index in [4.69, 9.17) is 5.11 Å². The summed E-state index contributed by atoms with van der Waals surface area (Å²) in [6, 6.07) is 10.2. The van der Waals surface area contributed by atoms with E-state index >= 15 is 0 Å². The van der Waals surface area contributed by atoms with Gasteiger partial charge in [0.15, 0.2) is 0 Å². The molecule has 2 atom stereocenters. The summed E-state index contributed by atoms with van der Waals surface area (Å²) in [7, 11) is 1.64. The minimum atomic E-state index is -0.890. The van der Waals surface area contributed by atoms with Gasteiger partial charge in [0.2, 0.25) is 0 Å². The van der Waals surface area contributed by atoms with Crippen molar-refractivity contribution in [1.82, 2.24) is 10.2 Å². The van der Waals surface area contributed by atoms with Crippen molar-refractivity contribution in [3.8, 4) is 0 Å². The number of carbonyl (C=O) groups excluding carboxylic acids is 1. The van der Waals surface area contributed by atoms with Crippen molar-refractivity contribution in [2.45, 2.75) is 51.0 Å². The van der Waals surface area contributed by atoms with E-state index in [2.05, 4.69) is 24.4 Å². The average molecular weight is 332 g/mol. The van der Waals surface area contributed by atoms with Gasteiger partial charge in [0, 0.05) is 25.0 Å². The van der Waals surface area contributed by atoms with Crippen molar-refractivity contribution >= 4 is 12.0 Å². The van der Waals surface area contributed by atoms with Crippen LogP contribution in [0, 0.1) is 5.92 Å². The monoisotopic (exact) mass is 332 g/mol. The average Bonchev–Trinajstić information content (AvgIpc) is 3.06. The van der Waals surface area contributed by atoms with Crippen molar-refractivity contribution in [1.29, 1.82) is 0 Å². The Morgan fingerprint density at radius 2 is 1.79 bits per heavy atom. The van der Waals surface area contributed by atoms with Gasteiger partial charge < -0.3 is 15.3 Å². The van der Waals surface area contributed by atoms with E-state index in [1.54, 1.807) is 14.0 Å². The molecule has 0 aromatic heterocycles. The van der Waals surface area contributed by atoms with Crippen molar-refractivity contribution in [3.63, 3.8) is 0 Å². The smallest absolute Gasteiger partial charge is 0.317 e. The van der Waals surface area contributed by atoms with Crippen LogP contribution in [0.15, 0.2) is 30.3 Å². The van der Waals surface area contributed by atoms with Gasteiger partial charge in [0.25, 0.3) is 0 Å². The number of aliphatic carboxylic acids is 1. The molecule has 0 spiro atoms. The van der Waals surface area contributed by atoms with Crippen LogP contribution in [0.5, 0.6) is 0 Å². The maximum Gasteiger partial charge on any atom is 0.317 e. The fourth-order valence-electron chi connectivity index (χ4n) is 3.75. The zero-order chi connectivity index (χ0) is 17.7. The van der Waals surface area contributed by atoms with Gasteiger partial charge >= 0.3 is 12.0 Å². The number of benzene rings is 1. The highest BCUT2D eigenvalue weighted by atomic mass is 16.4. The molecular formula is C19H28N2O3. The lowest BCUT2D eigenvalue weighted by Gasteiger charge is -2.37. The zero-order valence-corrected chi connectivity index (χ0v) is 14.8. The minimum absolute atomic E-state index is 0.00233. The van der Waals surface area contributed by atoms with Crippen LogP contribution in [0.2, 0.25) is 0 Å². The molecule has 2 unspecified atom stereocenters. The van der Waals surface area contributed by atoms with E-state index in [0.29, 0.717) is 0 Å². The summed E-state index contributed by atoms with van der Waals surface area (Å²) in [5, 5.41) is 12.1. The number of amides is 2. The summed E-state index contributed by atoms with van der Waals surface area (Å²) in [6.07, 6.45) is 4.46.